The van der Waals surface area contributed by atoms with Crippen molar-refractivity contribution in [1.82, 2.24) is 20.1 Å². The van der Waals surface area contributed by atoms with E-state index in [4.69, 9.17) is 10.5 Å². The minimum atomic E-state index is -1.68. The van der Waals surface area contributed by atoms with Crippen LogP contribution in [0.5, 0.6) is 0 Å². The Balaban J connectivity index is 1.50. The first kappa shape index (κ1) is 27.6. The largest absolute Gasteiger partial charge is 0.479 e. The number of ether oxygens (including phenoxy) is 1. The van der Waals surface area contributed by atoms with Crippen LogP contribution in [-0.2, 0) is 32.2 Å². The third kappa shape index (κ3) is 5.52. The molecule has 3 amide bonds. The summed E-state index contributed by atoms with van der Waals surface area (Å²) in [6.45, 7) is 5.90. The normalized spacial score (nSPS) is 23.7. The predicted octanol–water partition coefficient (Wildman–Crippen LogP) is 1.95. The minimum absolute atomic E-state index is 0.00239. The van der Waals surface area contributed by atoms with E-state index in [2.05, 4.69) is 16.9 Å². The second-order valence-electron chi connectivity index (χ2n) is 10.5. The summed E-state index contributed by atoms with van der Waals surface area (Å²) in [7, 11) is 0. The van der Waals surface area contributed by atoms with Gasteiger partial charge in [-0.2, -0.15) is 0 Å². The Kier molecular flexibility index (Phi) is 8.35. The quantitative estimate of drug-likeness (QED) is 0.433. The van der Waals surface area contributed by atoms with Gasteiger partial charge in [0, 0.05) is 12.6 Å². The summed E-state index contributed by atoms with van der Waals surface area (Å²) in [4.78, 5) is 59.1. The number of carbonyl (C=O) groups excluding carboxylic acids is 3. The topological polar surface area (TPSA) is 155 Å². The Labute approximate surface area is 222 Å². The highest BCUT2D eigenvalue weighted by molar-refractivity contribution is 5.94. The van der Waals surface area contributed by atoms with E-state index in [1.807, 2.05) is 12.1 Å². The van der Waals surface area contributed by atoms with Crippen LogP contribution in [0.4, 0.5) is 4.79 Å². The maximum atomic E-state index is 13.6. The highest BCUT2D eigenvalue weighted by atomic mass is 16.6. The fraction of sp³-hybridized carbons (Fsp3) is 0.593. The molecule has 3 aliphatic rings. The Hall–Kier alpha value is -3.47. The number of pyridine rings is 1. The van der Waals surface area contributed by atoms with Crippen LogP contribution >= 0.6 is 0 Å². The summed E-state index contributed by atoms with van der Waals surface area (Å²) in [6.07, 6.45) is 6.44. The molecule has 206 valence electrons. The lowest BCUT2D eigenvalue weighted by atomic mass is 9.83. The molecule has 38 heavy (non-hydrogen) atoms. The van der Waals surface area contributed by atoms with Crippen LogP contribution in [0.15, 0.2) is 31.0 Å². The zero-order valence-electron chi connectivity index (χ0n) is 21.8. The SMILES string of the molecule is C=C[C@@](CC)(NC(=O)[C@@H]1C[C@@H](OC(=O)N2Cc3cccnc3C2)CN1C(=O)[C@@H](N)C1CCCCC1)C(=O)O. The molecule has 1 saturated carbocycles. The second kappa shape index (κ2) is 11.5. The third-order valence-electron chi connectivity index (χ3n) is 8.14. The van der Waals surface area contributed by atoms with Crippen molar-refractivity contribution in [2.75, 3.05) is 6.54 Å². The van der Waals surface area contributed by atoms with Crippen LogP contribution < -0.4 is 11.1 Å². The van der Waals surface area contributed by atoms with Gasteiger partial charge in [-0.25, -0.2) is 9.59 Å². The molecule has 1 aromatic rings. The Morgan fingerprint density at radius 2 is 2.03 bits per heavy atom. The lowest BCUT2D eigenvalue weighted by molar-refractivity contribution is -0.147. The number of amides is 3. The fourth-order valence-corrected chi connectivity index (χ4v) is 5.69. The molecule has 11 heteroatoms. The van der Waals surface area contributed by atoms with Gasteiger partial charge in [-0.3, -0.25) is 19.5 Å². The number of likely N-dealkylation sites (tertiary alicyclic amines) is 1. The Bertz CT molecular complexity index is 1060. The predicted molar refractivity (Wildman–Crippen MR) is 137 cm³/mol. The molecule has 4 N–H and O–H groups in total. The summed E-state index contributed by atoms with van der Waals surface area (Å²) < 4.78 is 5.75. The number of aromatic nitrogens is 1. The summed E-state index contributed by atoms with van der Waals surface area (Å²) in [5, 5.41) is 12.3. The van der Waals surface area contributed by atoms with Gasteiger partial charge in [-0.1, -0.05) is 38.3 Å². The van der Waals surface area contributed by atoms with Gasteiger partial charge in [0.05, 0.1) is 31.4 Å². The average molecular weight is 528 g/mol. The number of hydrogen-bond acceptors (Lipinski definition) is 7. The van der Waals surface area contributed by atoms with Gasteiger partial charge in [0.15, 0.2) is 5.54 Å². The number of nitrogens with one attached hydrogen (secondary N) is 1. The van der Waals surface area contributed by atoms with Gasteiger partial charge in [-0.05, 0) is 36.8 Å². The zero-order valence-corrected chi connectivity index (χ0v) is 21.8. The molecule has 1 aromatic heterocycles. The molecule has 0 aromatic carbocycles. The number of carbonyl (C=O) groups is 4. The highest BCUT2D eigenvalue weighted by Gasteiger charge is 2.47. The van der Waals surface area contributed by atoms with Crippen LogP contribution in [0.1, 0.15) is 63.1 Å². The van der Waals surface area contributed by atoms with Crippen molar-refractivity contribution in [1.29, 1.82) is 0 Å². The molecule has 1 aliphatic carbocycles. The van der Waals surface area contributed by atoms with Crippen LogP contribution in [0.2, 0.25) is 0 Å². The maximum absolute atomic E-state index is 13.6. The summed E-state index contributed by atoms with van der Waals surface area (Å²) >= 11 is 0. The van der Waals surface area contributed by atoms with E-state index in [-0.39, 0.29) is 31.2 Å². The molecular formula is C27H37N5O6. The molecule has 2 fully saturated rings. The van der Waals surface area contributed by atoms with E-state index in [1.54, 1.807) is 13.1 Å². The summed E-state index contributed by atoms with van der Waals surface area (Å²) in [6, 6.07) is 1.90. The first-order valence-corrected chi connectivity index (χ1v) is 13.3. The van der Waals surface area contributed by atoms with Gasteiger partial charge in [0.25, 0.3) is 0 Å². The molecule has 11 nitrogen and oxygen atoms in total. The number of carboxylic acid groups (broad SMARTS) is 1. The maximum Gasteiger partial charge on any atom is 0.410 e. The molecule has 0 radical (unpaired) electrons. The summed E-state index contributed by atoms with van der Waals surface area (Å²) in [5.74, 6) is -2.26. The van der Waals surface area contributed by atoms with Crippen molar-refractivity contribution in [2.24, 2.45) is 11.7 Å². The smallest absolute Gasteiger partial charge is 0.410 e. The number of carboxylic acids is 1. The van der Waals surface area contributed by atoms with E-state index in [0.717, 1.165) is 43.4 Å². The highest BCUT2D eigenvalue weighted by Crippen LogP contribution is 2.30. The molecule has 0 bridgehead atoms. The number of nitrogens with zero attached hydrogens (tertiary/aromatic N) is 3. The zero-order chi connectivity index (χ0) is 27.4. The van der Waals surface area contributed by atoms with Crippen molar-refractivity contribution in [3.63, 3.8) is 0 Å². The van der Waals surface area contributed by atoms with Crippen molar-refractivity contribution in [2.45, 2.75) is 88.7 Å². The minimum Gasteiger partial charge on any atom is -0.479 e. The van der Waals surface area contributed by atoms with Crippen LogP contribution in [0.25, 0.3) is 0 Å². The Morgan fingerprint density at radius 3 is 2.66 bits per heavy atom. The van der Waals surface area contributed by atoms with Crippen molar-refractivity contribution in [3.05, 3.63) is 42.2 Å². The Morgan fingerprint density at radius 1 is 1.29 bits per heavy atom. The molecule has 0 unspecified atom stereocenters. The molecule has 0 spiro atoms. The fourth-order valence-electron chi connectivity index (χ4n) is 5.69. The lowest BCUT2D eigenvalue weighted by Gasteiger charge is -2.33. The number of fused-ring (bicyclic) bond motifs is 1. The lowest BCUT2D eigenvalue weighted by Crippen LogP contribution is -2.59. The molecule has 4 rings (SSSR count). The number of aliphatic carboxylic acids is 1. The van der Waals surface area contributed by atoms with Crippen molar-refractivity contribution < 1.29 is 29.0 Å². The van der Waals surface area contributed by atoms with Gasteiger partial charge < -0.3 is 25.8 Å². The van der Waals surface area contributed by atoms with Crippen LogP contribution in [0, 0.1) is 5.92 Å². The van der Waals surface area contributed by atoms with E-state index < -0.39 is 41.7 Å². The molecular weight excluding hydrogens is 490 g/mol. The van der Waals surface area contributed by atoms with Gasteiger partial charge in [0.2, 0.25) is 11.8 Å². The number of nitrogens with two attached hydrogens (primary N) is 1. The third-order valence-corrected chi connectivity index (χ3v) is 8.14. The van der Waals surface area contributed by atoms with E-state index in [9.17, 15) is 24.3 Å². The average Bonchev–Trinajstić information content (AvgIpc) is 3.56. The van der Waals surface area contributed by atoms with E-state index in [0.29, 0.717) is 13.1 Å². The van der Waals surface area contributed by atoms with Gasteiger partial charge in [-0.15, -0.1) is 6.58 Å². The number of hydrogen-bond donors (Lipinski definition) is 3. The second-order valence-corrected chi connectivity index (χ2v) is 10.5. The van der Waals surface area contributed by atoms with Crippen molar-refractivity contribution in [3.8, 4) is 0 Å². The number of rotatable bonds is 8. The first-order valence-electron chi connectivity index (χ1n) is 13.3. The summed E-state index contributed by atoms with van der Waals surface area (Å²) in [5.41, 5.74) is 6.47. The molecule has 2 aliphatic heterocycles. The first-order chi connectivity index (χ1) is 18.2. The monoisotopic (exact) mass is 527 g/mol. The van der Waals surface area contributed by atoms with Crippen LogP contribution in [-0.4, -0.2) is 74.0 Å². The van der Waals surface area contributed by atoms with Crippen LogP contribution in [0.3, 0.4) is 0 Å². The van der Waals surface area contributed by atoms with E-state index in [1.165, 1.54) is 15.9 Å². The van der Waals surface area contributed by atoms with Crippen molar-refractivity contribution >= 4 is 23.9 Å². The molecule has 3 heterocycles. The van der Waals surface area contributed by atoms with E-state index >= 15 is 0 Å². The molecule has 4 atom stereocenters. The molecule has 1 saturated heterocycles. The van der Waals surface area contributed by atoms with Gasteiger partial charge in [0.1, 0.15) is 12.1 Å². The van der Waals surface area contributed by atoms with Gasteiger partial charge >= 0.3 is 12.1 Å². The standard InChI is InChI=1S/C27H37N5O6/c1-3-27(4-2,25(35)36)30-23(33)21-13-19(15-32(21)24(34)22(28)17-9-6-5-7-10-17)38-26(37)31-14-18-11-8-12-29-20(18)16-31/h3,8,11-12,17,19,21-22H,1,4-7,9-10,13-16,28H2,2H3,(H,30,33)(H,35,36)/t19-,21+,22+,27+/m1/s1.